The molecule has 0 fully saturated rings. The molecule has 0 aliphatic heterocycles. The van der Waals surface area contributed by atoms with Gasteiger partial charge in [0.05, 0.1) is 6.20 Å². The van der Waals surface area contributed by atoms with Crippen LogP contribution in [0.25, 0.3) is 0 Å². The molecule has 2 aromatic carbocycles. The van der Waals surface area contributed by atoms with E-state index in [1.165, 1.54) is 5.56 Å². The number of nitrogens with zero attached hydrogens (tertiary/aromatic N) is 3. The maximum Gasteiger partial charge on any atom is 0.249 e. The molecule has 0 unspecified atom stereocenters. The Balaban J connectivity index is 1.81. The minimum atomic E-state index is 0.407. The van der Waals surface area contributed by atoms with Crippen molar-refractivity contribution in [2.24, 2.45) is 0 Å². The van der Waals surface area contributed by atoms with E-state index in [9.17, 15) is 0 Å². The van der Waals surface area contributed by atoms with Crippen LogP contribution in [0.2, 0.25) is 0 Å². The van der Waals surface area contributed by atoms with E-state index in [0.29, 0.717) is 17.7 Å². The van der Waals surface area contributed by atoms with Gasteiger partial charge < -0.3 is 10.6 Å². The molecule has 0 spiro atoms. The Morgan fingerprint density at radius 3 is 2.62 bits per heavy atom. The van der Waals surface area contributed by atoms with Crippen LogP contribution in [0.15, 0.2) is 59.2 Å². The lowest BCUT2D eigenvalue weighted by Crippen LogP contribution is -2.04. The second kappa shape index (κ2) is 7.40. The minimum absolute atomic E-state index is 0.407. The third-order valence-corrected chi connectivity index (χ3v) is 3.98. The molecule has 0 radical (unpaired) electrons. The van der Waals surface area contributed by atoms with Gasteiger partial charge in [-0.05, 0) is 35.7 Å². The summed E-state index contributed by atoms with van der Waals surface area (Å²) in [5, 5.41) is 14.6. The molecule has 1 aromatic heterocycles. The summed E-state index contributed by atoms with van der Waals surface area (Å²) >= 11 is 3.45. The van der Waals surface area contributed by atoms with E-state index in [1.807, 2.05) is 42.5 Å². The maximum atomic E-state index is 4.48. The largest absolute Gasteiger partial charge is 0.339 e. The van der Waals surface area contributed by atoms with Gasteiger partial charge in [0.1, 0.15) is 0 Å². The zero-order valence-electron chi connectivity index (χ0n) is 13.5. The highest BCUT2D eigenvalue weighted by Gasteiger charge is 2.08. The van der Waals surface area contributed by atoms with Gasteiger partial charge in [0.25, 0.3) is 0 Å². The van der Waals surface area contributed by atoms with Gasteiger partial charge in [-0.15, -0.1) is 5.10 Å². The van der Waals surface area contributed by atoms with E-state index < -0.39 is 0 Å². The Bertz CT molecular complexity index is 835. The highest BCUT2D eigenvalue weighted by Crippen LogP contribution is 2.26. The predicted octanol–water partition coefficient (Wildman–Crippen LogP) is 5.24. The number of hydrogen-bond acceptors (Lipinski definition) is 5. The summed E-state index contributed by atoms with van der Waals surface area (Å²) < 4.78 is 0.999. The molecule has 3 aromatic rings. The molecule has 6 heteroatoms. The first-order valence-electron chi connectivity index (χ1n) is 7.70. The van der Waals surface area contributed by atoms with Crippen LogP contribution in [0.1, 0.15) is 25.3 Å². The summed E-state index contributed by atoms with van der Waals surface area (Å²) in [6, 6.07) is 16.0. The molecule has 0 saturated heterocycles. The van der Waals surface area contributed by atoms with Crippen molar-refractivity contribution in [3.05, 3.63) is 64.8 Å². The summed E-state index contributed by atoms with van der Waals surface area (Å²) in [6.07, 6.45) is 1.60. The molecule has 0 saturated carbocycles. The normalized spacial score (nSPS) is 10.7. The Morgan fingerprint density at radius 2 is 1.83 bits per heavy atom. The van der Waals surface area contributed by atoms with Crippen LogP contribution in [0.5, 0.6) is 0 Å². The average Bonchev–Trinajstić information content (AvgIpc) is 2.55. The van der Waals surface area contributed by atoms with Crippen LogP contribution in [-0.2, 0) is 0 Å². The van der Waals surface area contributed by atoms with E-state index >= 15 is 0 Å². The number of aromatic nitrogens is 3. The fourth-order valence-electron chi connectivity index (χ4n) is 2.37. The molecule has 0 bridgehead atoms. The standard InChI is InChI=1S/C18H18BrN5/c1-12(2)15-8-3-4-9-16(15)22-18-23-17(11-20-24-18)21-14-7-5-6-13(19)10-14/h3-12H,1-2H3,(H2,21,22,23,24). The first kappa shape index (κ1) is 16.4. The Kier molecular flexibility index (Phi) is 5.05. The Morgan fingerprint density at radius 1 is 1.00 bits per heavy atom. The average molecular weight is 384 g/mol. The smallest absolute Gasteiger partial charge is 0.249 e. The van der Waals surface area contributed by atoms with Crippen molar-refractivity contribution >= 4 is 39.1 Å². The Labute approximate surface area is 149 Å². The van der Waals surface area contributed by atoms with Crippen LogP contribution in [0, 0.1) is 0 Å². The molecule has 0 aliphatic carbocycles. The number of hydrogen-bond donors (Lipinski definition) is 2. The molecule has 2 N–H and O–H groups in total. The lowest BCUT2D eigenvalue weighted by molar-refractivity contribution is 0.867. The third-order valence-electron chi connectivity index (χ3n) is 3.49. The lowest BCUT2D eigenvalue weighted by atomic mass is 10.0. The number of nitrogens with one attached hydrogen (secondary N) is 2. The van der Waals surface area contributed by atoms with Crippen molar-refractivity contribution in [1.29, 1.82) is 0 Å². The van der Waals surface area contributed by atoms with Crippen molar-refractivity contribution in [3.63, 3.8) is 0 Å². The van der Waals surface area contributed by atoms with Gasteiger partial charge in [-0.1, -0.05) is 54.0 Å². The molecule has 3 rings (SSSR count). The van der Waals surface area contributed by atoms with Gasteiger partial charge in [0, 0.05) is 15.8 Å². The Hall–Kier alpha value is -2.47. The van der Waals surface area contributed by atoms with Gasteiger partial charge in [-0.2, -0.15) is 10.1 Å². The van der Waals surface area contributed by atoms with Crippen molar-refractivity contribution in [2.45, 2.75) is 19.8 Å². The van der Waals surface area contributed by atoms with Crippen LogP contribution >= 0.6 is 15.9 Å². The number of benzene rings is 2. The fraction of sp³-hybridized carbons (Fsp3) is 0.167. The predicted molar refractivity (Wildman–Crippen MR) is 101 cm³/mol. The van der Waals surface area contributed by atoms with Crippen LogP contribution < -0.4 is 10.6 Å². The van der Waals surface area contributed by atoms with Crippen LogP contribution in [0.4, 0.5) is 23.1 Å². The summed E-state index contributed by atoms with van der Waals surface area (Å²) in [5.74, 6) is 1.50. The van der Waals surface area contributed by atoms with E-state index in [0.717, 1.165) is 15.8 Å². The number of rotatable bonds is 5. The molecule has 122 valence electrons. The molecule has 0 aliphatic rings. The summed E-state index contributed by atoms with van der Waals surface area (Å²) in [4.78, 5) is 4.48. The second-order valence-corrected chi connectivity index (χ2v) is 6.58. The van der Waals surface area contributed by atoms with Gasteiger partial charge in [0.15, 0.2) is 5.82 Å². The molecule has 5 nitrogen and oxygen atoms in total. The highest BCUT2D eigenvalue weighted by molar-refractivity contribution is 9.10. The SMILES string of the molecule is CC(C)c1ccccc1Nc1nncc(Nc2cccc(Br)c2)n1. The van der Waals surface area contributed by atoms with Crippen molar-refractivity contribution in [1.82, 2.24) is 15.2 Å². The topological polar surface area (TPSA) is 62.7 Å². The monoisotopic (exact) mass is 383 g/mol. The summed E-state index contributed by atoms with van der Waals surface area (Å²) in [6.45, 7) is 4.32. The van der Waals surface area contributed by atoms with E-state index in [4.69, 9.17) is 0 Å². The molecule has 1 heterocycles. The minimum Gasteiger partial charge on any atom is -0.339 e. The summed E-state index contributed by atoms with van der Waals surface area (Å²) in [7, 11) is 0. The molecule has 0 atom stereocenters. The highest BCUT2D eigenvalue weighted by atomic mass is 79.9. The van der Waals surface area contributed by atoms with Crippen LogP contribution in [0.3, 0.4) is 0 Å². The number of para-hydroxylation sites is 1. The molecule has 24 heavy (non-hydrogen) atoms. The first-order valence-corrected chi connectivity index (χ1v) is 8.49. The van der Waals surface area contributed by atoms with Crippen LogP contribution in [-0.4, -0.2) is 15.2 Å². The zero-order valence-corrected chi connectivity index (χ0v) is 15.1. The van der Waals surface area contributed by atoms with Gasteiger partial charge in [-0.25, -0.2) is 0 Å². The van der Waals surface area contributed by atoms with Gasteiger partial charge in [-0.3, -0.25) is 0 Å². The van der Waals surface area contributed by atoms with E-state index in [2.05, 4.69) is 61.7 Å². The zero-order chi connectivity index (χ0) is 16.9. The fourth-order valence-corrected chi connectivity index (χ4v) is 2.76. The van der Waals surface area contributed by atoms with E-state index in [1.54, 1.807) is 6.20 Å². The molecule has 0 amide bonds. The lowest BCUT2D eigenvalue weighted by Gasteiger charge is -2.13. The van der Waals surface area contributed by atoms with Gasteiger partial charge in [0.2, 0.25) is 5.95 Å². The van der Waals surface area contributed by atoms with Crippen molar-refractivity contribution in [2.75, 3.05) is 10.6 Å². The van der Waals surface area contributed by atoms with E-state index in [-0.39, 0.29) is 0 Å². The quantitative estimate of drug-likeness (QED) is 0.630. The maximum absolute atomic E-state index is 4.48. The van der Waals surface area contributed by atoms with Crippen molar-refractivity contribution < 1.29 is 0 Å². The van der Waals surface area contributed by atoms with Gasteiger partial charge >= 0.3 is 0 Å². The first-order chi connectivity index (χ1) is 11.6. The third kappa shape index (κ3) is 4.08. The van der Waals surface area contributed by atoms with Crippen molar-refractivity contribution in [3.8, 4) is 0 Å². The second-order valence-electron chi connectivity index (χ2n) is 5.67. The number of halogens is 1. The molecular formula is C18H18BrN5. The summed E-state index contributed by atoms with van der Waals surface area (Å²) in [5.41, 5.74) is 3.14. The molecular weight excluding hydrogens is 366 g/mol. The number of anilines is 4.